The summed E-state index contributed by atoms with van der Waals surface area (Å²) < 4.78 is 0. The molecule has 0 aliphatic rings. The number of carbonyl (C=O) groups excluding carboxylic acids is 1. The maximum atomic E-state index is 11.8. The molecule has 0 spiro atoms. The van der Waals surface area contributed by atoms with Crippen molar-refractivity contribution in [2.24, 2.45) is 0 Å². The molecule has 0 heterocycles. The zero-order valence-corrected chi connectivity index (χ0v) is 12.6. The number of anilines is 2. The second kappa shape index (κ2) is 7.94. The number of hydrogen-bond donors (Lipinski definition) is 3. The van der Waals surface area contributed by atoms with E-state index in [0.717, 1.165) is 17.9 Å². The van der Waals surface area contributed by atoms with E-state index in [1.807, 2.05) is 24.8 Å². The quantitative estimate of drug-likeness (QED) is 0.672. The van der Waals surface area contributed by atoms with Crippen LogP contribution >= 0.6 is 11.8 Å². The summed E-state index contributed by atoms with van der Waals surface area (Å²) in [6.45, 7) is 4.64. The molecule has 1 atom stereocenters. The van der Waals surface area contributed by atoms with Gasteiger partial charge in [-0.2, -0.15) is 11.8 Å². The highest BCUT2D eigenvalue weighted by atomic mass is 32.2. The molecule has 0 aromatic heterocycles. The Morgan fingerprint density at radius 3 is 2.84 bits per heavy atom. The van der Waals surface area contributed by atoms with E-state index in [4.69, 9.17) is 5.73 Å². The van der Waals surface area contributed by atoms with Crippen LogP contribution in [0.4, 0.5) is 11.4 Å². The molecule has 106 valence electrons. The summed E-state index contributed by atoms with van der Waals surface area (Å²) in [5.41, 5.74) is 8.08. The summed E-state index contributed by atoms with van der Waals surface area (Å²) in [4.78, 5) is 11.8. The van der Waals surface area contributed by atoms with Gasteiger partial charge in [0.15, 0.2) is 0 Å². The molecule has 0 aliphatic heterocycles. The van der Waals surface area contributed by atoms with Crippen molar-refractivity contribution < 1.29 is 4.79 Å². The highest BCUT2D eigenvalue weighted by Gasteiger charge is 2.09. The molecule has 0 saturated heterocycles. The van der Waals surface area contributed by atoms with Crippen LogP contribution in [0.5, 0.6) is 0 Å². The van der Waals surface area contributed by atoms with Crippen molar-refractivity contribution in [3.05, 3.63) is 23.8 Å². The molecule has 1 unspecified atom stereocenters. The molecule has 5 heteroatoms. The zero-order chi connectivity index (χ0) is 14.3. The Balaban J connectivity index is 2.76. The van der Waals surface area contributed by atoms with E-state index >= 15 is 0 Å². The molecule has 0 aliphatic carbocycles. The fraction of sp³-hybridized carbons (Fsp3) is 0.500. The number of rotatable bonds is 7. The topological polar surface area (TPSA) is 67.2 Å². The lowest BCUT2D eigenvalue weighted by Gasteiger charge is -2.17. The van der Waals surface area contributed by atoms with Gasteiger partial charge in [-0.15, -0.1) is 0 Å². The van der Waals surface area contributed by atoms with Crippen LogP contribution in [0.15, 0.2) is 18.2 Å². The maximum Gasteiger partial charge on any atom is 0.251 e. The van der Waals surface area contributed by atoms with Crippen LogP contribution in [0.25, 0.3) is 0 Å². The molecular weight excluding hydrogens is 258 g/mol. The average Bonchev–Trinajstić information content (AvgIpc) is 2.39. The Labute approximate surface area is 119 Å². The largest absolute Gasteiger partial charge is 0.397 e. The molecular formula is C14H23N3OS. The monoisotopic (exact) mass is 281 g/mol. The van der Waals surface area contributed by atoms with Gasteiger partial charge in [0.25, 0.3) is 5.91 Å². The van der Waals surface area contributed by atoms with Gasteiger partial charge in [0, 0.05) is 18.2 Å². The summed E-state index contributed by atoms with van der Waals surface area (Å²) in [5.74, 6) is 1.03. The van der Waals surface area contributed by atoms with Crippen LogP contribution < -0.4 is 16.4 Å². The van der Waals surface area contributed by atoms with Crippen LogP contribution in [-0.2, 0) is 0 Å². The Hall–Kier alpha value is -1.36. The Morgan fingerprint density at radius 2 is 2.21 bits per heavy atom. The first-order valence-electron chi connectivity index (χ1n) is 6.51. The molecule has 1 rings (SSSR count). The van der Waals surface area contributed by atoms with E-state index in [1.165, 1.54) is 0 Å². The Morgan fingerprint density at radius 1 is 1.47 bits per heavy atom. The first kappa shape index (κ1) is 15.7. The summed E-state index contributed by atoms with van der Waals surface area (Å²) in [6.07, 6.45) is 3.16. The number of benzene rings is 1. The van der Waals surface area contributed by atoms with Crippen molar-refractivity contribution >= 4 is 29.0 Å². The van der Waals surface area contributed by atoms with Gasteiger partial charge in [0.1, 0.15) is 0 Å². The van der Waals surface area contributed by atoms with E-state index < -0.39 is 0 Å². The number of nitrogens with one attached hydrogen (secondary N) is 2. The highest BCUT2D eigenvalue weighted by molar-refractivity contribution is 7.98. The van der Waals surface area contributed by atoms with Gasteiger partial charge in [-0.1, -0.05) is 0 Å². The van der Waals surface area contributed by atoms with Gasteiger partial charge < -0.3 is 16.4 Å². The second-order valence-corrected chi connectivity index (χ2v) is 5.47. The molecule has 0 saturated carbocycles. The van der Waals surface area contributed by atoms with E-state index in [2.05, 4.69) is 23.8 Å². The molecule has 19 heavy (non-hydrogen) atoms. The Bertz CT molecular complexity index is 423. The van der Waals surface area contributed by atoms with Crippen molar-refractivity contribution in [1.82, 2.24) is 5.32 Å². The SMILES string of the molecule is CCNC(=O)c1ccc(N)c(NC(C)CCSC)c1. The number of nitrogens with two attached hydrogens (primary N) is 1. The molecule has 4 N–H and O–H groups in total. The van der Waals surface area contributed by atoms with E-state index in [-0.39, 0.29) is 5.91 Å². The average molecular weight is 281 g/mol. The minimum Gasteiger partial charge on any atom is -0.397 e. The van der Waals surface area contributed by atoms with Gasteiger partial charge in [0.2, 0.25) is 0 Å². The fourth-order valence-corrected chi connectivity index (χ4v) is 2.31. The van der Waals surface area contributed by atoms with Crippen LogP contribution in [0.3, 0.4) is 0 Å². The molecule has 0 fully saturated rings. The van der Waals surface area contributed by atoms with E-state index in [0.29, 0.717) is 23.8 Å². The van der Waals surface area contributed by atoms with Gasteiger partial charge in [0.05, 0.1) is 11.4 Å². The predicted molar refractivity (Wildman–Crippen MR) is 84.9 cm³/mol. The number of carbonyl (C=O) groups is 1. The van der Waals surface area contributed by atoms with Crippen molar-refractivity contribution in [3.63, 3.8) is 0 Å². The summed E-state index contributed by atoms with van der Waals surface area (Å²) in [7, 11) is 0. The molecule has 1 aromatic rings. The number of amides is 1. The third-order valence-corrected chi connectivity index (χ3v) is 3.45. The third kappa shape index (κ3) is 5.03. The van der Waals surface area contributed by atoms with Gasteiger partial charge >= 0.3 is 0 Å². The zero-order valence-electron chi connectivity index (χ0n) is 11.8. The third-order valence-electron chi connectivity index (χ3n) is 2.81. The number of thioether (sulfide) groups is 1. The van der Waals surface area contributed by atoms with Crippen molar-refractivity contribution in [3.8, 4) is 0 Å². The van der Waals surface area contributed by atoms with Gasteiger partial charge in [-0.3, -0.25) is 4.79 Å². The number of nitrogen functional groups attached to an aromatic ring is 1. The van der Waals surface area contributed by atoms with Crippen LogP contribution in [0.1, 0.15) is 30.6 Å². The summed E-state index contributed by atoms with van der Waals surface area (Å²) in [5, 5.41) is 6.15. The first-order valence-corrected chi connectivity index (χ1v) is 7.91. The molecule has 4 nitrogen and oxygen atoms in total. The van der Waals surface area contributed by atoms with E-state index in [1.54, 1.807) is 12.1 Å². The van der Waals surface area contributed by atoms with Crippen molar-refractivity contribution in [2.75, 3.05) is 29.6 Å². The molecule has 1 amide bonds. The molecule has 0 radical (unpaired) electrons. The lowest BCUT2D eigenvalue weighted by molar-refractivity contribution is 0.0956. The van der Waals surface area contributed by atoms with Crippen molar-refractivity contribution in [2.45, 2.75) is 26.3 Å². The van der Waals surface area contributed by atoms with E-state index in [9.17, 15) is 4.79 Å². The minimum atomic E-state index is -0.0673. The standard InChI is InChI=1S/C14H23N3OS/c1-4-16-14(18)11-5-6-12(15)13(9-11)17-10(2)7-8-19-3/h5-6,9-10,17H,4,7-8,15H2,1-3H3,(H,16,18). The summed E-state index contributed by atoms with van der Waals surface area (Å²) in [6, 6.07) is 5.67. The fourth-order valence-electron chi connectivity index (χ4n) is 1.72. The lowest BCUT2D eigenvalue weighted by atomic mass is 10.1. The van der Waals surface area contributed by atoms with Crippen LogP contribution in [0, 0.1) is 0 Å². The Kier molecular flexibility index (Phi) is 6.56. The first-order chi connectivity index (χ1) is 9.08. The summed E-state index contributed by atoms with van der Waals surface area (Å²) >= 11 is 1.82. The molecule has 1 aromatic carbocycles. The highest BCUT2D eigenvalue weighted by Crippen LogP contribution is 2.21. The maximum absolute atomic E-state index is 11.8. The predicted octanol–water partition coefficient (Wildman–Crippen LogP) is 2.57. The smallest absolute Gasteiger partial charge is 0.251 e. The van der Waals surface area contributed by atoms with Gasteiger partial charge in [-0.05, 0) is 50.5 Å². The molecule has 0 bridgehead atoms. The van der Waals surface area contributed by atoms with Crippen LogP contribution in [-0.4, -0.2) is 30.5 Å². The second-order valence-electron chi connectivity index (χ2n) is 4.49. The number of hydrogen-bond acceptors (Lipinski definition) is 4. The van der Waals surface area contributed by atoms with Crippen LogP contribution in [0.2, 0.25) is 0 Å². The van der Waals surface area contributed by atoms with Crippen molar-refractivity contribution in [1.29, 1.82) is 0 Å². The minimum absolute atomic E-state index is 0.0673. The van der Waals surface area contributed by atoms with Gasteiger partial charge in [-0.25, -0.2) is 0 Å². The normalized spacial score (nSPS) is 11.9. The lowest BCUT2D eigenvalue weighted by Crippen LogP contribution is -2.23.